The van der Waals surface area contributed by atoms with Gasteiger partial charge in [0.25, 0.3) is 0 Å². The quantitative estimate of drug-likeness (QED) is 0.651. The van der Waals surface area contributed by atoms with Gasteiger partial charge in [-0.3, -0.25) is 4.79 Å². The van der Waals surface area contributed by atoms with Crippen molar-refractivity contribution in [2.45, 2.75) is 5.16 Å². The first kappa shape index (κ1) is 16.9. The number of carbonyl (C=O) groups excluding carboxylic acids is 1. The molecule has 1 amide bonds. The summed E-state index contributed by atoms with van der Waals surface area (Å²) in [6, 6.07) is 6.75. The molecular weight excluding hydrogens is 371 g/mol. The van der Waals surface area contributed by atoms with Gasteiger partial charge in [0.2, 0.25) is 5.91 Å². The van der Waals surface area contributed by atoms with Gasteiger partial charge in [-0.25, -0.2) is 9.97 Å². The van der Waals surface area contributed by atoms with E-state index >= 15 is 0 Å². The number of nitrogens with zero attached hydrogens (tertiary/aromatic N) is 2. The molecule has 1 aromatic carbocycles. The molecule has 124 valence electrons. The number of thioether (sulfide) groups is 1. The number of H-pyrrole nitrogens is 1. The number of hydrogen-bond acceptors (Lipinski definition) is 5. The molecule has 6 nitrogen and oxygen atoms in total. The van der Waals surface area contributed by atoms with Crippen LogP contribution in [0.25, 0.3) is 11.2 Å². The van der Waals surface area contributed by atoms with Crippen molar-refractivity contribution < 1.29 is 9.53 Å². The van der Waals surface area contributed by atoms with Crippen molar-refractivity contribution in [2.75, 3.05) is 18.2 Å². The average Bonchev–Trinajstić information content (AvgIpc) is 2.95. The number of imidazole rings is 1. The zero-order valence-electron chi connectivity index (χ0n) is 12.5. The van der Waals surface area contributed by atoms with Gasteiger partial charge < -0.3 is 15.0 Å². The zero-order chi connectivity index (χ0) is 17.1. The van der Waals surface area contributed by atoms with Gasteiger partial charge in [0.15, 0.2) is 10.8 Å². The second kappa shape index (κ2) is 7.29. The Kier molecular flexibility index (Phi) is 5.13. The van der Waals surface area contributed by atoms with E-state index in [9.17, 15) is 4.79 Å². The minimum absolute atomic E-state index is 0.170. The van der Waals surface area contributed by atoms with Crippen LogP contribution >= 0.6 is 35.0 Å². The van der Waals surface area contributed by atoms with Crippen molar-refractivity contribution >= 4 is 57.7 Å². The third kappa shape index (κ3) is 3.92. The third-order valence-corrected chi connectivity index (χ3v) is 4.37. The minimum atomic E-state index is -0.202. The highest BCUT2D eigenvalue weighted by Gasteiger charge is 2.11. The molecule has 0 aliphatic heterocycles. The predicted molar refractivity (Wildman–Crippen MR) is 96.3 cm³/mol. The fourth-order valence-electron chi connectivity index (χ4n) is 2.02. The molecule has 0 aliphatic carbocycles. The summed E-state index contributed by atoms with van der Waals surface area (Å²) in [5.74, 6) is 0.510. The van der Waals surface area contributed by atoms with Gasteiger partial charge in [-0.1, -0.05) is 35.0 Å². The Morgan fingerprint density at radius 1 is 1.33 bits per heavy atom. The number of aromatic nitrogens is 3. The number of hydrogen-bond donors (Lipinski definition) is 2. The van der Waals surface area contributed by atoms with Crippen LogP contribution in [0.2, 0.25) is 10.0 Å². The second-order valence-electron chi connectivity index (χ2n) is 4.75. The SMILES string of the molecule is COc1ccc(Cl)cc1NC(=O)CSc1nc2ncc(Cl)cc2[nH]1. The molecule has 9 heteroatoms. The number of anilines is 1. The van der Waals surface area contributed by atoms with Crippen molar-refractivity contribution in [1.29, 1.82) is 0 Å². The number of amides is 1. The number of aromatic amines is 1. The number of nitrogens with one attached hydrogen (secondary N) is 2. The van der Waals surface area contributed by atoms with Crippen molar-refractivity contribution in [3.05, 3.63) is 40.5 Å². The lowest BCUT2D eigenvalue weighted by Crippen LogP contribution is -2.14. The van der Waals surface area contributed by atoms with Gasteiger partial charge in [-0.05, 0) is 24.3 Å². The first-order valence-electron chi connectivity index (χ1n) is 6.82. The van der Waals surface area contributed by atoms with Crippen molar-refractivity contribution in [3.63, 3.8) is 0 Å². The topological polar surface area (TPSA) is 79.9 Å². The van der Waals surface area contributed by atoms with Crippen LogP contribution in [0.1, 0.15) is 0 Å². The largest absolute Gasteiger partial charge is 0.495 e. The molecule has 0 saturated heterocycles. The van der Waals surface area contributed by atoms with Crippen LogP contribution in [0, 0.1) is 0 Å². The maximum atomic E-state index is 12.1. The number of carbonyl (C=O) groups is 1. The highest BCUT2D eigenvalue weighted by molar-refractivity contribution is 7.99. The standard InChI is InChI=1S/C15H12Cl2N4O2S/c1-23-12-3-2-8(16)4-10(12)19-13(22)7-24-15-20-11-5-9(17)6-18-14(11)21-15/h2-6H,7H2,1H3,(H,19,22)(H,18,20,21). The van der Waals surface area contributed by atoms with Crippen LogP contribution < -0.4 is 10.1 Å². The molecule has 0 aliphatic rings. The summed E-state index contributed by atoms with van der Waals surface area (Å²) < 4.78 is 5.20. The number of benzene rings is 1. The van der Waals surface area contributed by atoms with E-state index in [1.165, 1.54) is 25.1 Å². The fraction of sp³-hybridized carbons (Fsp3) is 0.133. The van der Waals surface area contributed by atoms with E-state index in [1.54, 1.807) is 24.3 Å². The monoisotopic (exact) mass is 382 g/mol. The van der Waals surface area contributed by atoms with Crippen molar-refractivity contribution in [2.24, 2.45) is 0 Å². The van der Waals surface area contributed by atoms with E-state index in [0.717, 1.165) is 5.52 Å². The van der Waals surface area contributed by atoms with Gasteiger partial charge in [-0.15, -0.1) is 0 Å². The first-order chi connectivity index (χ1) is 11.5. The number of rotatable bonds is 5. The molecule has 24 heavy (non-hydrogen) atoms. The molecule has 3 aromatic rings. The van der Waals surface area contributed by atoms with Crippen LogP contribution in [0.3, 0.4) is 0 Å². The Morgan fingerprint density at radius 3 is 2.96 bits per heavy atom. The van der Waals surface area contributed by atoms with Crippen molar-refractivity contribution in [3.8, 4) is 5.75 Å². The summed E-state index contributed by atoms with van der Waals surface area (Å²) in [6.45, 7) is 0. The molecule has 0 radical (unpaired) electrons. The molecule has 2 heterocycles. The summed E-state index contributed by atoms with van der Waals surface area (Å²) >= 11 is 13.1. The Morgan fingerprint density at radius 2 is 2.17 bits per heavy atom. The summed E-state index contributed by atoms with van der Waals surface area (Å²) in [4.78, 5) is 23.6. The summed E-state index contributed by atoms with van der Waals surface area (Å²) in [5, 5.41) is 4.39. The number of ether oxygens (including phenoxy) is 1. The number of methoxy groups -OCH3 is 1. The summed E-state index contributed by atoms with van der Waals surface area (Å²) in [7, 11) is 1.53. The Balaban J connectivity index is 1.65. The normalized spacial score (nSPS) is 10.8. The van der Waals surface area contributed by atoms with E-state index < -0.39 is 0 Å². The number of pyridine rings is 1. The summed E-state index contributed by atoms with van der Waals surface area (Å²) in [6.07, 6.45) is 1.53. The Hall–Kier alpha value is -1.96. The molecule has 0 saturated carbocycles. The van der Waals surface area contributed by atoms with Crippen LogP contribution in [-0.2, 0) is 4.79 Å². The zero-order valence-corrected chi connectivity index (χ0v) is 14.8. The molecule has 0 fully saturated rings. The minimum Gasteiger partial charge on any atom is -0.495 e. The Labute approximate surface area is 151 Å². The maximum Gasteiger partial charge on any atom is 0.234 e. The van der Waals surface area contributed by atoms with Gasteiger partial charge in [0, 0.05) is 11.2 Å². The second-order valence-corrected chi connectivity index (χ2v) is 6.59. The smallest absolute Gasteiger partial charge is 0.234 e. The van der Waals surface area contributed by atoms with Crippen LogP contribution in [0.15, 0.2) is 35.6 Å². The van der Waals surface area contributed by atoms with Crippen molar-refractivity contribution in [1.82, 2.24) is 15.0 Å². The van der Waals surface area contributed by atoms with Gasteiger partial charge in [0.1, 0.15) is 5.75 Å². The molecular formula is C15H12Cl2N4O2S. The Bertz CT molecular complexity index is 900. The van der Waals surface area contributed by atoms with Crippen LogP contribution in [-0.4, -0.2) is 33.7 Å². The summed E-state index contributed by atoms with van der Waals surface area (Å²) in [5.41, 5.74) is 1.80. The van der Waals surface area contributed by atoms with Crippen LogP contribution in [0.5, 0.6) is 5.75 Å². The fourth-order valence-corrected chi connectivity index (χ4v) is 3.02. The third-order valence-electron chi connectivity index (χ3n) is 3.06. The molecule has 0 unspecified atom stereocenters. The highest BCUT2D eigenvalue weighted by Crippen LogP contribution is 2.28. The lowest BCUT2D eigenvalue weighted by atomic mass is 10.3. The highest BCUT2D eigenvalue weighted by atomic mass is 35.5. The predicted octanol–water partition coefficient (Wildman–Crippen LogP) is 4.00. The lowest BCUT2D eigenvalue weighted by Gasteiger charge is -2.10. The van der Waals surface area contributed by atoms with E-state index in [2.05, 4.69) is 20.3 Å². The van der Waals surface area contributed by atoms with E-state index in [4.69, 9.17) is 27.9 Å². The van der Waals surface area contributed by atoms with E-state index in [1.807, 2.05) is 0 Å². The van der Waals surface area contributed by atoms with Crippen LogP contribution in [0.4, 0.5) is 5.69 Å². The van der Waals surface area contributed by atoms with Gasteiger partial charge in [-0.2, -0.15) is 0 Å². The molecule has 0 atom stereocenters. The molecule has 0 bridgehead atoms. The maximum absolute atomic E-state index is 12.1. The number of halogens is 2. The van der Waals surface area contributed by atoms with Gasteiger partial charge in [0.05, 0.1) is 29.1 Å². The molecule has 2 aromatic heterocycles. The number of fused-ring (bicyclic) bond motifs is 1. The lowest BCUT2D eigenvalue weighted by molar-refractivity contribution is -0.113. The first-order valence-corrected chi connectivity index (χ1v) is 8.57. The average molecular weight is 383 g/mol. The van der Waals surface area contributed by atoms with Gasteiger partial charge >= 0.3 is 0 Å². The molecule has 0 spiro atoms. The van der Waals surface area contributed by atoms with E-state index in [0.29, 0.717) is 32.3 Å². The van der Waals surface area contributed by atoms with E-state index in [-0.39, 0.29) is 11.7 Å². The molecule has 3 rings (SSSR count). The molecule has 2 N–H and O–H groups in total.